The highest BCUT2D eigenvalue weighted by Gasteiger charge is 2.46. The van der Waals surface area contributed by atoms with E-state index in [9.17, 15) is 38.7 Å². The summed E-state index contributed by atoms with van der Waals surface area (Å²) in [6.45, 7) is 28.5. The van der Waals surface area contributed by atoms with Gasteiger partial charge in [0, 0.05) is 73.3 Å². The van der Waals surface area contributed by atoms with Crippen molar-refractivity contribution in [2.45, 2.75) is 242 Å². The zero-order valence-electron chi connectivity index (χ0n) is 63.4. The molecule has 98 heavy (non-hydrogen) atoms. The third-order valence-corrected chi connectivity index (χ3v) is 18.8. The number of aliphatic hydroxyl groups is 1. The van der Waals surface area contributed by atoms with Gasteiger partial charge in [0.1, 0.15) is 67.0 Å². The molecule has 0 spiro atoms. The van der Waals surface area contributed by atoms with Crippen molar-refractivity contribution in [2.75, 3.05) is 55.9 Å². The van der Waals surface area contributed by atoms with Crippen LogP contribution in [-0.2, 0) is 59.3 Å². The number of carbonyl (C=O) groups excluding carboxylic acids is 11. The van der Waals surface area contributed by atoms with Gasteiger partial charge < -0.3 is 60.7 Å². The van der Waals surface area contributed by atoms with Crippen molar-refractivity contribution in [3.63, 3.8) is 0 Å². The molecular formula is C74H123N12O12+. The second-order valence-electron chi connectivity index (χ2n) is 29.8. The quantitative estimate of drug-likeness (QED) is 0.0619. The molecular weight excluding hydrogens is 1250 g/mol. The molecule has 1 aromatic heterocycles. The molecule has 12 atom stereocenters. The number of rotatable bonds is 20. The molecule has 0 aliphatic carbocycles. The maximum Gasteiger partial charge on any atom is 0.246 e. The molecule has 0 unspecified atom stereocenters. The van der Waals surface area contributed by atoms with Gasteiger partial charge in [-0.1, -0.05) is 121 Å². The number of hydrogen-bond donors (Lipinski definition) is 5. The number of aliphatic hydroxyl groups excluding tert-OH is 1. The maximum absolute atomic E-state index is 15.4. The van der Waals surface area contributed by atoms with Gasteiger partial charge in [0.2, 0.25) is 70.5 Å². The van der Waals surface area contributed by atoms with E-state index in [1.807, 2.05) is 85.7 Å². The molecule has 0 radical (unpaired) electrons. The van der Waals surface area contributed by atoms with E-state index in [2.05, 4.69) is 50.2 Å². The monoisotopic (exact) mass is 1370 g/mol. The molecule has 0 bridgehead atoms. The topological polar surface area (TPSA) is 283 Å². The van der Waals surface area contributed by atoms with E-state index in [0.29, 0.717) is 6.42 Å². The van der Waals surface area contributed by atoms with E-state index in [4.69, 9.17) is 0 Å². The van der Waals surface area contributed by atoms with Crippen molar-refractivity contribution in [2.24, 2.45) is 41.4 Å². The molecule has 0 saturated carbocycles. The molecule has 11 amide bonds. The molecule has 24 heteroatoms. The third-order valence-electron chi connectivity index (χ3n) is 18.8. The molecule has 1 aliphatic heterocycles. The minimum atomic E-state index is -1.64. The van der Waals surface area contributed by atoms with Crippen LogP contribution >= 0.6 is 0 Å². The Morgan fingerprint density at radius 2 is 0.969 bits per heavy atom. The number of aryl methyl sites for hydroxylation is 1. The minimum absolute atomic E-state index is 0.0121. The van der Waals surface area contributed by atoms with Crippen LogP contribution in [0.15, 0.2) is 54.7 Å². The first-order chi connectivity index (χ1) is 45.7. The average Bonchev–Trinajstić information content (AvgIpc) is 0.804. The number of amides is 11. The molecule has 550 valence electrons. The summed E-state index contributed by atoms with van der Waals surface area (Å²) in [6, 6.07) is -0.146. The van der Waals surface area contributed by atoms with Gasteiger partial charge in [0.05, 0.1) is 12.6 Å². The van der Waals surface area contributed by atoms with Crippen molar-refractivity contribution >= 4 is 75.9 Å². The Balaban J connectivity index is 2.24. The molecule has 1 aliphatic rings. The van der Waals surface area contributed by atoms with E-state index >= 15 is 19.2 Å². The van der Waals surface area contributed by atoms with Gasteiger partial charge in [0.15, 0.2) is 6.20 Å². The van der Waals surface area contributed by atoms with E-state index in [1.165, 1.54) is 87.7 Å². The van der Waals surface area contributed by atoms with Crippen LogP contribution in [0.4, 0.5) is 0 Å². The van der Waals surface area contributed by atoms with Gasteiger partial charge in [-0.2, -0.15) is 4.57 Å². The highest BCUT2D eigenvalue weighted by molar-refractivity contribution is 5.99. The Labute approximate surface area is 585 Å². The number of unbranched alkanes of at least 4 members (excludes halogenated alkanes) is 2. The fourth-order valence-corrected chi connectivity index (χ4v) is 12.7. The van der Waals surface area contributed by atoms with Gasteiger partial charge in [-0.15, -0.1) is 0 Å². The summed E-state index contributed by atoms with van der Waals surface area (Å²) in [4.78, 5) is 171. The lowest BCUT2D eigenvalue weighted by Crippen LogP contribution is -2.63. The number of nitrogens with one attached hydrogen (secondary N) is 4. The Morgan fingerprint density at radius 1 is 0.490 bits per heavy atom. The molecule has 2 aromatic rings. The normalized spacial score (nSPS) is 24.9. The molecule has 1 fully saturated rings. The summed E-state index contributed by atoms with van der Waals surface area (Å²) in [5, 5.41) is 24.7. The Morgan fingerprint density at radius 3 is 1.51 bits per heavy atom. The summed E-state index contributed by atoms with van der Waals surface area (Å²) in [5.74, 6) is -9.83. The summed E-state index contributed by atoms with van der Waals surface area (Å²) in [7, 11) is 9.99. The van der Waals surface area contributed by atoms with Gasteiger partial charge >= 0.3 is 0 Å². The summed E-state index contributed by atoms with van der Waals surface area (Å²) < 4.78 is 2.23. The average molecular weight is 1370 g/mol. The first-order valence-corrected chi connectivity index (χ1v) is 35.5. The van der Waals surface area contributed by atoms with Crippen LogP contribution in [-0.4, -0.2) is 227 Å². The van der Waals surface area contributed by atoms with E-state index in [-0.39, 0.29) is 55.8 Å². The predicted molar refractivity (Wildman–Crippen MR) is 381 cm³/mol. The van der Waals surface area contributed by atoms with Crippen LogP contribution in [0.3, 0.4) is 0 Å². The number of aromatic nitrogens is 1. The lowest BCUT2D eigenvalue weighted by Gasteiger charge is -2.41. The number of hydrogen-bond acceptors (Lipinski definition) is 12. The van der Waals surface area contributed by atoms with Crippen LogP contribution < -0.4 is 25.8 Å². The molecule has 5 N–H and O–H groups in total. The van der Waals surface area contributed by atoms with Crippen molar-refractivity contribution in [1.82, 2.24) is 55.6 Å². The fraction of sp³-hybridized carbons (Fsp3) is 0.703. The van der Waals surface area contributed by atoms with Crippen LogP contribution in [0.2, 0.25) is 0 Å². The predicted octanol–water partition coefficient (Wildman–Crippen LogP) is 5.56. The van der Waals surface area contributed by atoms with Crippen molar-refractivity contribution in [3.8, 4) is 0 Å². The van der Waals surface area contributed by atoms with Gasteiger partial charge in [0.25, 0.3) is 0 Å². The Bertz CT molecular complexity index is 3060. The van der Waals surface area contributed by atoms with Crippen LogP contribution in [0.5, 0.6) is 0 Å². The third kappa shape index (κ3) is 23.6. The second-order valence-corrected chi connectivity index (χ2v) is 29.8. The second kappa shape index (κ2) is 39.3. The van der Waals surface area contributed by atoms with Crippen molar-refractivity contribution in [3.05, 3.63) is 54.7 Å². The molecule has 1 saturated heterocycles. The van der Waals surface area contributed by atoms with Crippen LogP contribution in [0.25, 0.3) is 10.9 Å². The number of likely N-dealkylation sites (N-methyl/N-ethyl adjacent to an activating group) is 7. The zero-order chi connectivity index (χ0) is 74.5. The largest absolute Gasteiger partial charge is 0.390 e. The number of fused-ring (bicyclic) bond motifs is 1. The highest BCUT2D eigenvalue weighted by atomic mass is 16.3. The van der Waals surface area contributed by atoms with Crippen LogP contribution in [0, 0.1) is 41.4 Å². The number of benzene rings is 1. The minimum Gasteiger partial charge on any atom is -0.390 e. The highest BCUT2D eigenvalue weighted by Crippen LogP contribution is 2.26. The number of carbonyl (C=O) groups is 11. The number of nitrogens with zero attached hydrogens (tertiary/aromatic N) is 8. The van der Waals surface area contributed by atoms with Crippen molar-refractivity contribution < 1.29 is 62.4 Å². The molecule has 1 aromatic carbocycles. The molecule has 3 rings (SSSR count). The summed E-state index contributed by atoms with van der Waals surface area (Å²) in [6.07, 6.45) is 7.93. The van der Waals surface area contributed by atoms with Gasteiger partial charge in [-0.05, 0) is 119 Å². The van der Waals surface area contributed by atoms with Gasteiger partial charge in [-0.25, -0.2) is 0 Å². The van der Waals surface area contributed by atoms with E-state index in [0.717, 1.165) is 46.5 Å². The standard InChI is InChI=1S/C74H122N12O12/c1-24-54-70(94)79(17)43-60(87)80(18)56(39-44(2)3)67(91)78-61(48(10)11)73(97)81(19)57(40-45(4)5)66(90)75-51(15)65(89)76-52(16)69(93)82(20)58(41-46(6)7)71(95)83(21)59(42-47(8)9)72(96)84(22)62(49(12)13)74(98)85(23)63(68(92)77-54)64(88)50(14)33-28-26-25-27-31-37-86-38-32-35-53-34-29-30-36-55(53)86/h26,28-30,32,34-36,38,44-52,54,56-59,61-64,88H,24-25,27,31,33,37,39-43H2,1-23H3,(H3-,75,76,77,78,89,90,91,92)/p+1/b28-26+/t50-,51+,52-,54+,56+,57+,58+,59+,61+,62+,63+,64-/m1/s1. The van der Waals surface area contributed by atoms with E-state index < -0.39 is 156 Å². The Kier molecular flexibility index (Phi) is 34.0. The van der Waals surface area contributed by atoms with Crippen LogP contribution in [0.1, 0.15) is 169 Å². The van der Waals surface area contributed by atoms with E-state index in [1.54, 1.807) is 41.5 Å². The SMILES string of the molecule is CC[C@@H]1NC(=O)[C@H]([C@H](O)[C@H](C)C/C=C/CCCC[n+]2cccc3ccccc32)N(C)C(=O)[C@H](C(C)C)N(C)C(=O)[C@H](CC(C)C)N(C)C(=O)[C@H](CC(C)C)N(C)C(=O)[C@@H](C)NC(=O)[C@H](C)NC(=O)[C@H](CC(C)C)N(C)C(=O)[C@H](C(C)C)NC(=O)[C@H](CC(C)C)N(C)C(=O)CN(C)C1=O. The Hall–Kier alpha value is -7.50. The lowest BCUT2D eigenvalue weighted by molar-refractivity contribution is -0.671. The number of allylic oxidation sites excluding steroid dienone is 2. The summed E-state index contributed by atoms with van der Waals surface area (Å²) in [5.41, 5.74) is 1.15. The number of pyridine rings is 1. The van der Waals surface area contributed by atoms with Crippen molar-refractivity contribution in [1.29, 1.82) is 0 Å². The summed E-state index contributed by atoms with van der Waals surface area (Å²) >= 11 is 0. The number of para-hydroxylation sites is 1. The first kappa shape index (κ1) is 84.7. The first-order valence-electron chi connectivity index (χ1n) is 35.5. The lowest BCUT2D eigenvalue weighted by atomic mass is 9.91. The maximum atomic E-state index is 15.4. The smallest absolute Gasteiger partial charge is 0.246 e. The fourth-order valence-electron chi connectivity index (χ4n) is 12.7. The molecule has 2 heterocycles. The van der Waals surface area contributed by atoms with Gasteiger partial charge in [-0.3, -0.25) is 52.7 Å². The zero-order valence-corrected chi connectivity index (χ0v) is 63.4. The molecule has 24 nitrogen and oxygen atoms in total.